The lowest BCUT2D eigenvalue weighted by atomic mass is 10.00. The molecule has 1 heterocycles. The number of carbonyl (C=O) groups excluding carboxylic acids is 3. The second-order valence-electron chi connectivity index (χ2n) is 5.29. The zero-order valence-electron chi connectivity index (χ0n) is 11.1. The number of carbonyl (C=O) groups is 3. The van der Waals surface area contributed by atoms with E-state index < -0.39 is 5.91 Å². The molecule has 0 aromatic rings. The van der Waals surface area contributed by atoms with Gasteiger partial charge in [0, 0.05) is 6.54 Å². The van der Waals surface area contributed by atoms with Gasteiger partial charge in [-0.3, -0.25) is 19.3 Å². The number of hydrogen-bond donors (Lipinski definition) is 2. The molecule has 2 N–H and O–H groups in total. The normalized spacial score (nSPS) is 29.8. The number of hydrogen-bond acceptors (Lipinski definition) is 4. The first kappa shape index (κ1) is 14.0. The van der Waals surface area contributed by atoms with Crippen LogP contribution in [0.1, 0.15) is 26.2 Å². The number of amides is 3. The van der Waals surface area contributed by atoms with E-state index in [0.717, 1.165) is 24.2 Å². The maximum Gasteiger partial charge on any atom is 0.240 e. The van der Waals surface area contributed by atoms with Gasteiger partial charge in [0.05, 0.1) is 18.4 Å². The van der Waals surface area contributed by atoms with Gasteiger partial charge in [-0.15, -0.1) is 0 Å². The minimum Gasteiger partial charge on any atom is -0.395 e. The summed E-state index contributed by atoms with van der Waals surface area (Å²) in [5.74, 6) is -0.794. The average Bonchev–Trinajstić information content (AvgIpc) is 2.92. The Labute approximate surface area is 112 Å². The lowest BCUT2D eigenvalue weighted by molar-refractivity contribution is -0.144. The molecule has 1 aliphatic carbocycles. The van der Waals surface area contributed by atoms with Crippen LogP contribution in [-0.2, 0) is 14.4 Å². The Morgan fingerprint density at radius 2 is 1.89 bits per heavy atom. The van der Waals surface area contributed by atoms with E-state index in [0.29, 0.717) is 5.92 Å². The van der Waals surface area contributed by atoms with Crippen LogP contribution in [-0.4, -0.2) is 47.4 Å². The van der Waals surface area contributed by atoms with E-state index in [2.05, 4.69) is 12.2 Å². The highest BCUT2D eigenvalue weighted by Gasteiger charge is 2.52. The minimum atomic E-state index is -0.400. The lowest BCUT2D eigenvalue weighted by Gasteiger charge is -2.16. The number of rotatable bonds is 5. The number of imide groups is 1. The molecule has 0 bridgehead atoms. The highest BCUT2D eigenvalue weighted by atomic mass is 16.3. The Bertz CT molecular complexity index is 372. The van der Waals surface area contributed by atoms with Crippen molar-refractivity contribution in [3.63, 3.8) is 0 Å². The summed E-state index contributed by atoms with van der Waals surface area (Å²) in [7, 11) is 0. The van der Waals surface area contributed by atoms with E-state index >= 15 is 0 Å². The molecule has 1 saturated carbocycles. The molecule has 3 amide bonds. The zero-order valence-corrected chi connectivity index (χ0v) is 11.1. The Balaban J connectivity index is 1.96. The molecule has 0 spiro atoms. The molecule has 1 saturated heterocycles. The van der Waals surface area contributed by atoms with Gasteiger partial charge in [-0.25, -0.2) is 0 Å². The maximum atomic E-state index is 12.1. The van der Waals surface area contributed by atoms with Crippen LogP contribution in [0.4, 0.5) is 0 Å². The summed E-state index contributed by atoms with van der Waals surface area (Å²) in [5, 5.41) is 11.1. The van der Waals surface area contributed by atoms with Crippen LogP contribution in [0.15, 0.2) is 0 Å². The number of aliphatic hydroxyl groups is 1. The molecule has 1 aliphatic heterocycles. The van der Waals surface area contributed by atoms with Crippen molar-refractivity contribution < 1.29 is 19.5 Å². The third-order valence-corrected chi connectivity index (χ3v) is 4.14. The van der Waals surface area contributed by atoms with Crippen LogP contribution in [0.2, 0.25) is 0 Å². The van der Waals surface area contributed by atoms with Gasteiger partial charge in [-0.2, -0.15) is 0 Å². The van der Waals surface area contributed by atoms with Crippen molar-refractivity contribution in [3.8, 4) is 0 Å². The van der Waals surface area contributed by atoms with Crippen LogP contribution in [0, 0.1) is 17.8 Å². The second kappa shape index (κ2) is 5.69. The van der Waals surface area contributed by atoms with Gasteiger partial charge >= 0.3 is 0 Å². The quantitative estimate of drug-likeness (QED) is 0.659. The Morgan fingerprint density at radius 1 is 1.32 bits per heavy atom. The molecular formula is C13H20N2O4. The molecule has 2 fully saturated rings. The smallest absolute Gasteiger partial charge is 0.240 e. The van der Waals surface area contributed by atoms with Crippen LogP contribution in [0.25, 0.3) is 0 Å². The molecule has 0 aromatic heterocycles. The van der Waals surface area contributed by atoms with Crippen molar-refractivity contribution in [1.82, 2.24) is 10.2 Å². The zero-order chi connectivity index (χ0) is 14.0. The van der Waals surface area contributed by atoms with E-state index in [-0.39, 0.29) is 43.3 Å². The fourth-order valence-corrected chi connectivity index (χ4v) is 3.08. The van der Waals surface area contributed by atoms with Gasteiger partial charge in [0.15, 0.2) is 0 Å². The van der Waals surface area contributed by atoms with Crippen molar-refractivity contribution in [3.05, 3.63) is 0 Å². The summed E-state index contributed by atoms with van der Waals surface area (Å²) < 4.78 is 0. The van der Waals surface area contributed by atoms with Gasteiger partial charge in [0.25, 0.3) is 0 Å². The summed E-state index contributed by atoms with van der Waals surface area (Å²) in [4.78, 5) is 36.9. The SMILES string of the molecule is CCC1CC2C(=O)N(CC(=O)NCCO)C(=O)C2C1. The predicted molar refractivity (Wildman–Crippen MR) is 66.8 cm³/mol. The number of aliphatic hydroxyl groups excluding tert-OH is 1. The monoisotopic (exact) mass is 268 g/mol. The molecule has 106 valence electrons. The van der Waals surface area contributed by atoms with Gasteiger partial charge in [0.2, 0.25) is 17.7 Å². The Morgan fingerprint density at radius 3 is 2.37 bits per heavy atom. The topological polar surface area (TPSA) is 86.7 Å². The van der Waals surface area contributed by atoms with Crippen molar-refractivity contribution >= 4 is 17.7 Å². The van der Waals surface area contributed by atoms with E-state index in [1.54, 1.807) is 0 Å². The molecule has 6 nitrogen and oxygen atoms in total. The fraction of sp³-hybridized carbons (Fsp3) is 0.769. The van der Waals surface area contributed by atoms with Gasteiger partial charge in [-0.1, -0.05) is 13.3 Å². The summed E-state index contributed by atoms with van der Waals surface area (Å²) in [5.41, 5.74) is 0. The molecular weight excluding hydrogens is 248 g/mol. The van der Waals surface area contributed by atoms with Crippen LogP contribution in [0.5, 0.6) is 0 Å². The van der Waals surface area contributed by atoms with E-state index in [1.165, 1.54) is 0 Å². The third-order valence-electron chi connectivity index (χ3n) is 4.14. The summed E-state index contributed by atoms with van der Waals surface area (Å²) in [6.45, 7) is 1.83. The summed E-state index contributed by atoms with van der Waals surface area (Å²) in [6, 6.07) is 0. The number of nitrogens with zero attached hydrogens (tertiary/aromatic N) is 1. The van der Waals surface area contributed by atoms with Crippen molar-refractivity contribution in [2.45, 2.75) is 26.2 Å². The van der Waals surface area contributed by atoms with E-state index in [1.807, 2.05) is 0 Å². The lowest BCUT2D eigenvalue weighted by Crippen LogP contribution is -2.42. The third kappa shape index (κ3) is 2.63. The van der Waals surface area contributed by atoms with Crippen LogP contribution in [0.3, 0.4) is 0 Å². The largest absolute Gasteiger partial charge is 0.395 e. The molecule has 2 unspecified atom stereocenters. The maximum absolute atomic E-state index is 12.1. The number of likely N-dealkylation sites (tertiary alicyclic amines) is 1. The first-order valence-electron chi connectivity index (χ1n) is 6.81. The van der Waals surface area contributed by atoms with Crippen molar-refractivity contribution in [2.24, 2.45) is 17.8 Å². The Hall–Kier alpha value is -1.43. The standard InChI is InChI=1S/C13H20N2O4/c1-2-8-5-9-10(6-8)13(19)15(12(9)18)7-11(17)14-3-4-16/h8-10,16H,2-7H2,1H3,(H,14,17). The molecule has 2 atom stereocenters. The van der Waals surface area contributed by atoms with Crippen molar-refractivity contribution in [2.75, 3.05) is 19.7 Å². The predicted octanol–water partition coefficient (Wildman–Crippen LogP) is -0.484. The number of nitrogens with one attached hydrogen (secondary N) is 1. The summed E-state index contributed by atoms with van der Waals surface area (Å²) in [6.07, 6.45) is 2.52. The van der Waals surface area contributed by atoms with E-state index in [9.17, 15) is 14.4 Å². The van der Waals surface area contributed by atoms with Gasteiger partial charge in [0.1, 0.15) is 6.54 Å². The highest BCUT2D eigenvalue weighted by molar-refractivity contribution is 6.07. The highest BCUT2D eigenvalue weighted by Crippen LogP contribution is 2.44. The van der Waals surface area contributed by atoms with Gasteiger partial charge < -0.3 is 10.4 Å². The second-order valence-corrected chi connectivity index (χ2v) is 5.29. The fourth-order valence-electron chi connectivity index (χ4n) is 3.08. The minimum absolute atomic E-state index is 0.139. The average molecular weight is 268 g/mol. The Kier molecular flexibility index (Phi) is 4.19. The van der Waals surface area contributed by atoms with E-state index in [4.69, 9.17) is 5.11 Å². The van der Waals surface area contributed by atoms with Gasteiger partial charge in [-0.05, 0) is 18.8 Å². The van der Waals surface area contributed by atoms with Crippen LogP contribution < -0.4 is 5.32 Å². The van der Waals surface area contributed by atoms with Crippen molar-refractivity contribution in [1.29, 1.82) is 0 Å². The first-order chi connectivity index (χ1) is 9.08. The molecule has 0 radical (unpaired) electrons. The van der Waals surface area contributed by atoms with Crippen LogP contribution >= 0.6 is 0 Å². The molecule has 2 rings (SSSR count). The molecule has 6 heteroatoms. The summed E-state index contributed by atoms with van der Waals surface area (Å²) >= 11 is 0. The molecule has 2 aliphatic rings. The molecule has 19 heavy (non-hydrogen) atoms. The molecule has 0 aromatic carbocycles. The number of fused-ring (bicyclic) bond motifs is 1. The first-order valence-corrected chi connectivity index (χ1v) is 6.81.